The normalized spacial score (nSPS) is 11.2. The van der Waals surface area contributed by atoms with E-state index in [1.165, 1.54) is 17.1 Å². The number of carboxylic acids is 1. The average molecular weight is 514 g/mol. The molecular weight excluding hydrogens is 490 g/mol. The lowest BCUT2D eigenvalue weighted by Gasteiger charge is -2.08. The van der Waals surface area contributed by atoms with Crippen LogP contribution < -0.4 is 10.6 Å². The van der Waals surface area contributed by atoms with Crippen molar-refractivity contribution in [2.75, 3.05) is 31.6 Å². The van der Waals surface area contributed by atoms with Crippen molar-refractivity contribution in [2.45, 2.75) is 19.4 Å². The van der Waals surface area contributed by atoms with E-state index in [1.807, 2.05) is 12.1 Å². The fraction of sp³-hybridized carbons (Fsp3) is 0.304. The smallest absolute Gasteiger partial charge is 0.329 e. The summed E-state index contributed by atoms with van der Waals surface area (Å²) in [5.41, 5.74) is 2.78. The summed E-state index contributed by atoms with van der Waals surface area (Å²) < 4.78 is 32.2. The van der Waals surface area contributed by atoms with Crippen molar-refractivity contribution in [1.29, 1.82) is 0 Å². The maximum Gasteiger partial charge on any atom is 0.329 e. The molecule has 4 aromatic rings. The summed E-state index contributed by atoms with van der Waals surface area (Å²) in [4.78, 5) is 38.3. The molecule has 14 heteroatoms. The first-order valence-electron chi connectivity index (χ1n) is 11.3. The van der Waals surface area contributed by atoms with Gasteiger partial charge in [-0.3, -0.25) is 9.48 Å². The Morgan fingerprint density at radius 2 is 2.08 bits per heavy atom. The second kappa shape index (κ2) is 12.0. The number of amides is 1. The number of carbonyl (C=O) groups excluding carboxylic acids is 1. The highest BCUT2D eigenvalue weighted by Crippen LogP contribution is 2.31. The van der Waals surface area contributed by atoms with E-state index in [0.29, 0.717) is 28.2 Å². The summed E-state index contributed by atoms with van der Waals surface area (Å²) in [6.45, 7) is -0.487. The number of fused-ring (bicyclic) bond motifs is 1. The van der Waals surface area contributed by atoms with Crippen LogP contribution in [0.4, 0.5) is 14.7 Å². The van der Waals surface area contributed by atoms with Gasteiger partial charge in [0.05, 0.1) is 12.3 Å². The number of ether oxygens (including phenoxy) is 1. The van der Waals surface area contributed by atoms with Gasteiger partial charge in [0.25, 0.3) is 6.43 Å². The van der Waals surface area contributed by atoms with E-state index in [-0.39, 0.29) is 38.0 Å². The van der Waals surface area contributed by atoms with E-state index >= 15 is 0 Å². The summed E-state index contributed by atoms with van der Waals surface area (Å²) in [6.07, 6.45) is 3.94. The molecule has 194 valence electrons. The van der Waals surface area contributed by atoms with Gasteiger partial charge in [0.2, 0.25) is 11.9 Å². The molecule has 0 aromatic carbocycles. The molecule has 0 spiro atoms. The number of carbonyl (C=O) groups is 2. The van der Waals surface area contributed by atoms with Gasteiger partial charge < -0.3 is 25.5 Å². The van der Waals surface area contributed by atoms with Gasteiger partial charge >= 0.3 is 5.97 Å². The topological polar surface area (TPSA) is 160 Å². The van der Waals surface area contributed by atoms with Crippen LogP contribution in [-0.4, -0.2) is 79.4 Å². The number of aromatic nitrogens is 6. The predicted octanol–water partition coefficient (Wildman–Crippen LogP) is 2.17. The van der Waals surface area contributed by atoms with Gasteiger partial charge in [0.15, 0.2) is 0 Å². The van der Waals surface area contributed by atoms with E-state index in [1.54, 1.807) is 18.5 Å². The molecule has 0 fully saturated rings. The fourth-order valence-corrected chi connectivity index (χ4v) is 3.52. The monoisotopic (exact) mass is 514 g/mol. The van der Waals surface area contributed by atoms with E-state index in [0.717, 1.165) is 5.39 Å². The molecule has 0 aliphatic heterocycles. The van der Waals surface area contributed by atoms with Gasteiger partial charge in [-0.05, 0) is 18.2 Å². The van der Waals surface area contributed by atoms with Gasteiger partial charge in [-0.1, -0.05) is 0 Å². The highest BCUT2D eigenvalue weighted by Gasteiger charge is 2.18. The predicted molar refractivity (Wildman–Crippen MR) is 129 cm³/mol. The molecular formula is C23H24F2N8O4. The Morgan fingerprint density at radius 1 is 1.22 bits per heavy atom. The zero-order valence-corrected chi connectivity index (χ0v) is 19.5. The minimum atomic E-state index is -2.58. The number of hydrogen-bond donors (Lipinski definition) is 4. The maximum absolute atomic E-state index is 13.1. The molecule has 0 atom stereocenters. The van der Waals surface area contributed by atoms with Gasteiger partial charge in [0.1, 0.15) is 24.5 Å². The summed E-state index contributed by atoms with van der Waals surface area (Å²) >= 11 is 0. The molecule has 4 aromatic heterocycles. The zero-order valence-electron chi connectivity index (χ0n) is 19.5. The number of anilines is 1. The number of aliphatic carboxylic acids is 1. The second-order valence-corrected chi connectivity index (χ2v) is 7.88. The Labute approximate surface area is 209 Å². The van der Waals surface area contributed by atoms with Gasteiger partial charge in [-0.25, -0.2) is 28.5 Å². The van der Waals surface area contributed by atoms with Crippen molar-refractivity contribution in [3.63, 3.8) is 0 Å². The number of rotatable bonds is 13. The number of H-pyrrole nitrogens is 1. The number of halogens is 2. The number of nitrogens with one attached hydrogen (secondary N) is 3. The van der Waals surface area contributed by atoms with Crippen molar-refractivity contribution in [2.24, 2.45) is 0 Å². The minimum absolute atomic E-state index is 0.0880. The Hall–Kier alpha value is -4.46. The standard InChI is InChI=1S/C23H24F2N8O4/c24-18(25)12-33-11-16(21(32-33)15-9-14-1-4-27-22(14)30-10-15)17-2-5-28-23(31-17)29-6-3-19(34)26-7-8-37-13-20(35)36/h1-2,4-5,9-11,18H,3,6-8,12-13H2,(H,26,34)(H,27,30)(H,35,36)(H,28,29,31). The molecule has 0 aliphatic carbocycles. The number of pyridine rings is 1. The molecule has 4 rings (SSSR count). The number of nitrogens with zero attached hydrogens (tertiary/aromatic N) is 5. The van der Waals surface area contributed by atoms with Crippen LogP contribution in [0.15, 0.2) is 43.0 Å². The summed E-state index contributed by atoms with van der Waals surface area (Å²) in [7, 11) is 0. The van der Waals surface area contributed by atoms with E-state index < -0.39 is 25.5 Å². The van der Waals surface area contributed by atoms with Crippen LogP contribution in [0.5, 0.6) is 0 Å². The first kappa shape index (κ1) is 25.6. The Kier molecular flexibility index (Phi) is 8.30. The van der Waals surface area contributed by atoms with E-state index in [4.69, 9.17) is 9.84 Å². The Balaban J connectivity index is 1.44. The van der Waals surface area contributed by atoms with Crippen molar-refractivity contribution in [3.8, 4) is 22.5 Å². The van der Waals surface area contributed by atoms with Crippen molar-refractivity contribution >= 4 is 28.9 Å². The van der Waals surface area contributed by atoms with Crippen LogP contribution in [0.1, 0.15) is 6.42 Å². The molecule has 12 nitrogen and oxygen atoms in total. The SMILES string of the molecule is O=C(O)COCCNC(=O)CCNc1nccc(-c2cn(CC(F)F)nc2-c2cnc3[nH]ccc3c2)n1. The van der Waals surface area contributed by atoms with Crippen LogP contribution in [-0.2, 0) is 20.9 Å². The van der Waals surface area contributed by atoms with E-state index in [2.05, 4.69) is 35.7 Å². The third kappa shape index (κ3) is 7.04. The second-order valence-electron chi connectivity index (χ2n) is 7.88. The van der Waals surface area contributed by atoms with Crippen LogP contribution >= 0.6 is 0 Å². The molecule has 0 saturated heterocycles. The number of carboxylic acid groups (broad SMARTS) is 1. The first-order valence-corrected chi connectivity index (χ1v) is 11.3. The molecule has 0 unspecified atom stereocenters. The quantitative estimate of drug-likeness (QED) is 0.196. The summed E-state index contributed by atoms with van der Waals surface area (Å²) in [5, 5.41) is 19.3. The molecule has 37 heavy (non-hydrogen) atoms. The van der Waals surface area contributed by atoms with Crippen LogP contribution in [0.25, 0.3) is 33.5 Å². The number of aromatic amines is 1. The van der Waals surface area contributed by atoms with Crippen LogP contribution in [0.2, 0.25) is 0 Å². The highest BCUT2D eigenvalue weighted by atomic mass is 19.3. The van der Waals surface area contributed by atoms with Crippen LogP contribution in [0.3, 0.4) is 0 Å². The fourth-order valence-electron chi connectivity index (χ4n) is 3.52. The largest absolute Gasteiger partial charge is 0.480 e. The minimum Gasteiger partial charge on any atom is -0.480 e. The molecule has 1 amide bonds. The average Bonchev–Trinajstić information content (AvgIpc) is 3.50. The van der Waals surface area contributed by atoms with Crippen molar-refractivity contribution in [3.05, 3.63) is 43.0 Å². The third-order valence-electron chi connectivity index (χ3n) is 5.12. The van der Waals surface area contributed by atoms with Crippen molar-refractivity contribution in [1.82, 2.24) is 35.0 Å². The van der Waals surface area contributed by atoms with Gasteiger partial charge in [-0.2, -0.15) is 5.10 Å². The third-order valence-corrected chi connectivity index (χ3v) is 5.12. The first-order chi connectivity index (χ1) is 17.9. The maximum atomic E-state index is 13.1. The van der Waals surface area contributed by atoms with Crippen LogP contribution in [0, 0.1) is 0 Å². The Morgan fingerprint density at radius 3 is 2.89 bits per heavy atom. The molecule has 4 N–H and O–H groups in total. The number of hydrogen-bond acceptors (Lipinski definition) is 8. The number of alkyl halides is 2. The molecule has 0 aliphatic rings. The van der Waals surface area contributed by atoms with Crippen molar-refractivity contribution < 1.29 is 28.2 Å². The highest BCUT2D eigenvalue weighted by molar-refractivity contribution is 5.85. The molecule has 0 radical (unpaired) electrons. The lowest BCUT2D eigenvalue weighted by molar-refractivity contribution is -0.142. The Bertz CT molecular complexity index is 1370. The van der Waals surface area contributed by atoms with Gasteiger partial charge in [-0.15, -0.1) is 0 Å². The lowest BCUT2D eigenvalue weighted by atomic mass is 10.1. The summed E-state index contributed by atoms with van der Waals surface area (Å²) in [5.74, 6) is -1.09. The molecule has 4 heterocycles. The van der Waals surface area contributed by atoms with Gasteiger partial charge in [0, 0.05) is 60.8 Å². The molecule has 0 bridgehead atoms. The van der Waals surface area contributed by atoms with E-state index in [9.17, 15) is 18.4 Å². The lowest BCUT2D eigenvalue weighted by Crippen LogP contribution is -2.29. The summed E-state index contributed by atoms with van der Waals surface area (Å²) in [6, 6.07) is 5.36. The zero-order chi connectivity index (χ0) is 26.2. The molecule has 0 saturated carbocycles.